The predicted molar refractivity (Wildman–Crippen MR) is 72.7 cm³/mol. The van der Waals surface area contributed by atoms with E-state index in [9.17, 15) is 0 Å². The smallest absolute Gasteiger partial charge is 0.251 e. The molecular formula is C14H17N3O3. The molecule has 0 unspecified atom stereocenters. The van der Waals surface area contributed by atoms with Gasteiger partial charge in [-0.15, -0.1) is 10.2 Å². The summed E-state index contributed by atoms with van der Waals surface area (Å²) in [6, 6.07) is 6.02. The zero-order chi connectivity index (χ0) is 13.9. The molecule has 0 aliphatic carbocycles. The van der Waals surface area contributed by atoms with Crippen LogP contribution in [0.1, 0.15) is 19.7 Å². The highest BCUT2D eigenvalue weighted by Gasteiger charge is 2.20. The number of hydrogen-bond donors (Lipinski definition) is 1. The van der Waals surface area contributed by atoms with Crippen molar-refractivity contribution in [2.45, 2.75) is 26.4 Å². The zero-order valence-corrected chi connectivity index (χ0v) is 11.5. The Morgan fingerprint density at radius 2 is 2.05 bits per heavy atom. The second-order valence-electron chi connectivity index (χ2n) is 4.87. The van der Waals surface area contributed by atoms with Crippen molar-refractivity contribution in [3.05, 3.63) is 24.1 Å². The van der Waals surface area contributed by atoms with Crippen molar-refractivity contribution in [3.63, 3.8) is 0 Å². The lowest BCUT2D eigenvalue weighted by atomic mass is 10.2. The summed E-state index contributed by atoms with van der Waals surface area (Å²) in [5.74, 6) is 2.40. The van der Waals surface area contributed by atoms with E-state index in [1.807, 2.05) is 18.2 Å². The second-order valence-corrected chi connectivity index (χ2v) is 4.87. The van der Waals surface area contributed by atoms with Crippen molar-refractivity contribution in [1.29, 1.82) is 0 Å². The minimum absolute atomic E-state index is 0.367. The summed E-state index contributed by atoms with van der Waals surface area (Å²) in [6.45, 7) is 5.77. The molecule has 1 aliphatic rings. The van der Waals surface area contributed by atoms with Crippen LogP contribution in [0.4, 0.5) is 0 Å². The number of benzene rings is 1. The van der Waals surface area contributed by atoms with Crippen molar-refractivity contribution in [2.75, 3.05) is 13.2 Å². The minimum atomic E-state index is 0.367. The Kier molecular flexibility index (Phi) is 3.56. The SMILES string of the molecule is CC(C)NCc1nnc(-c2cccc3c2OCCO3)o1. The predicted octanol–water partition coefficient (Wildman–Crippen LogP) is 2.01. The third-order valence-corrected chi connectivity index (χ3v) is 2.92. The molecule has 0 amide bonds. The van der Waals surface area contributed by atoms with Crippen molar-refractivity contribution in [3.8, 4) is 23.0 Å². The largest absolute Gasteiger partial charge is 0.486 e. The maximum Gasteiger partial charge on any atom is 0.251 e. The van der Waals surface area contributed by atoms with Gasteiger partial charge in [-0.2, -0.15) is 0 Å². The van der Waals surface area contributed by atoms with Crippen LogP contribution < -0.4 is 14.8 Å². The Bertz CT molecular complexity index is 595. The molecule has 1 aliphatic heterocycles. The fourth-order valence-electron chi connectivity index (χ4n) is 1.97. The molecule has 6 heteroatoms. The molecule has 106 valence electrons. The molecule has 2 heterocycles. The fourth-order valence-corrected chi connectivity index (χ4v) is 1.97. The summed E-state index contributed by atoms with van der Waals surface area (Å²) in [7, 11) is 0. The molecule has 0 saturated carbocycles. The Hall–Kier alpha value is -2.08. The van der Waals surface area contributed by atoms with Crippen LogP contribution in [0.25, 0.3) is 11.5 Å². The lowest BCUT2D eigenvalue weighted by Gasteiger charge is -2.19. The van der Waals surface area contributed by atoms with Gasteiger partial charge < -0.3 is 19.2 Å². The molecule has 2 aromatic rings. The van der Waals surface area contributed by atoms with E-state index in [0.717, 1.165) is 5.56 Å². The van der Waals surface area contributed by atoms with Crippen LogP contribution in [0, 0.1) is 0 Å². The molecule has 3 rings (SSSR count). The van der Waals surface area contributed by atoms with Crippen LogP contribution in [0.5, 0.6) is 11.5 Å². The number of nitrogens with one attached hydrogen (secondary N) is 1. The molecule has 0 atom stereocenters. The standard InChI is InChI=1S/C14H17N3O3/c1-9(2)15-8-12-16-17-14(20-12)10-4-3-5-11-13(10)19-7-6-18-11/h3-5,9,15H,6-8H2,1-2H3. The Morgan fingerprint density at radius 1 is 1.20 bits per heavy atom. The molecule has 0 radical (unpaired) electrons. The first-order valence-corrected chi connectivity index (χ1v) is 6.69. The zero-order valence-electron chi connectivity index (χ0n) is 11.5. The van der Waals surface area contributed by atoms with E-state index in [2.05, 4.69) is 29.4 Å². The maximum atomic E-state index is 5.67. The highest BCUT2D eigenvalue weighted by Crippen LogP contribution is 2.39. The number of rotatable bonds is 4. The number of hydrogen-bond acceptors (Lipinski definition) is 6. The highest BCUT2D eigenvalue weighted by molar-refractivity contribution is 5.67. The van der Waals surface area contributed by atoms with Crippen LogP contribution in [-0.4, -0.2) is 29.5 Å². The van der Waals surface area contributed by atoms with Gasteiger partial charge in [0.2, 0.25) is 5.89 Å². The summed E-state index contributed by atoms with van der Waals surface area (Å²) in [5.41, 5.74) is 0.769. The first-order chi connectivity index (χ1) is 9.74. The lowest BCUT2D eigenvalue weighted by molar-refractivity contribution is 0.172. The van der Waals surface area contributed by atoms with Gasteiger partial charge in [-0.3, -0.25) is 0 Å². The Balaban J connectivity index is 1.86. The maximum absolute atomic E-state index is 5.67. The van der Waals surface area contributed by atoms with E-state index in [-0.39, 0.29) is 0 Å². The third-order valence-electron chi connectivity index (χ3n) is 2.92. The van der Waals surface area contributed by atoms with Gasteiger partial charge >= 0.3 is 0 Å². The Labute approximate surface area is 117 Å². The quantitative estimate of drug-likeness (QED) is 0.920. The average Bonchev–Trinajstić information content (AvgIpc) is 2.93. The van der Waals surface area contributed by atoms with Gasteiger partial charge in [0.15, 0.2) is 11.5 Å². The van der Waals surface area contributed by atoms with Crippen LogP contribution in [-0.2, 0) is 6.54 Å². The van der Waals surface area contributed by atoms with Gasteiger partial charge in [0.1, 0.15) is 13.2 Å². The molecule has 0 bridgehead atoms. The van der Waals surface area contributed by atoms with Crippen LogP contribution in [0.2, 0.25) is 0 Å². The number of aromatic nitrogens is 2. The van der Waals surface area contributed by atoms with Crippen LogP contribution in [0.3, 0.4) is 0 Å². The molecule has 0 spiro atoms. The molecule has 6 nitrogen and oxygen atoms in total. The minimum Gasteiger partial charge on any atom is -0.486 e. The van der Waals surface area contributed by atoms with Crippen LogP contribution in [0.15, 0.2) is 22.6 Å². The van der Waals surface area contributed by atoms with E-state index in [1.54, 1.807) is 0 Å². The number of para-hydroxylation sites is 1. The Morgan fingerprint density at radius 3 is 2.90 bits per heavy atom. The average molecular weight is 275 g/mol. The van der Waals surface area contributed by atoms with Gasteiger partial charge in [-0.1, -0.05) is 19.9 Å². The monoisotopic (exact) mass is 275 g/mol. The van der Waals surface area contributed by atoms with Crippen molar-refractivity contribution < 1.29 is 13.9 Å². The van der Waals surface area contributed by atoms with Gasteiger partial charge in [-0.25, -0.2) is 0 Å². The van der Waals surface area contributed by atoms with Gasteiger partial charge in [0.05, 0.1) is 12.1 Å². The topological polar surface area (TPSA) is 69.4 Å². The fraction of sp³-hybridized carbons (Fsp3) is 0.429. The van der Waals surface area contributed by atoms with Crippen molar-refractivity contribution in [1.82, 2.24) is 15.5 Å². The first kappa shape index (κ1) is 12.9. The second kappa shape index (κ2) is 5.50. The summed E-state index contributed by atoms with van der Waals surface area (Å²) in [6.07, 6.45) is 0. The summed E-state index contributed by atoms with van der Waals surface area (Å²) in [4.78, 5) is 0. The van der Waals surface area contributed by atoms with E-state index in [4.69, 9.17) is 13.9 Å². The number of nitrogens with zero attached hydrogens (tertiary/aromatic N) is 2. The van der Waals surface area contributed by atoms with E-state index < -0.39 is 0 Å². The summed E-state index contributed by atoms with van der Waals surface area (Å²) < 4.78 is 16.9. The molecule has 0 fully saturated rings. The summed E-state index contributed by atoms with van der Waals surface area (Å²) in [5, 5.41) is 11.4. The third kappa shape index (κ3) is 2.60. The lowest BCUT2D eigenvalue weighted by Crippen LogP contribution is -2.21. The van der Waals surface area contributed by atoms with E-state index in [0.29, 0.717) is 49.1 Å². The van der Waals surface area contributed by atoms with Crippen LogP contribution >= 0.6 is 0 Å². The molecule has 0 saturated heterocycles. The van der Waals surface area contributed by atoms with E-state index >= 15 is 0 Å². The molecule has 1 aromatic heterocycles. The van der Waals surface area contributed by atoms with Crippen molar-refractivity contribution in [2.24, 2.45) is 0 Å². The number of ether oxygens (including phenoxy) is 2. The molecule has 1 N–H and O–H groups in total. The molecular weight excluding hydrogens is 258 g/mol. The first-order valence-electron chi connectivity index (χ1n) is 6.69. The summed E-state index contributed by atoms with van der Waals surface area (Å²) >= 11 is 0. The van der Waals surface area contributed by atoms with Gasteiger partial charge in [-0.05, 0) is 12.1 Å². The number of fused-ring (bicyclic) bond motifs is 1. The van der Waals surface area contributed by atoms with E-state index in [1.165, 1.54) is 0 Å². The van der Waals surface area contributed by atoms with Gasteiger partial charge in [0.25, 0.3) is 5.89 Å². The molecule has 1 aromatic carbocycles. The van der Waals surface area contributed by atoms with Gasteiger partial charge in [0, 0.05) is 6.04 Å². The molecule has 20 heavy (non-hydrogen) atoms. The van der Waals surface area contributed by atoms with Crippen molar-refractivity contribution >= 4 is 0 Å². The highest BCUT2D eigenvalue weighted by atomic mass is 16.6. The normalized spacial score (nSPS) is 13.8.